The molecule has 1 heterocycles. The molecule has 0 radical (unpaired) electrons. The predicted octanol–water partition coefficient (Wildman–Crippen LogP) is 1.91. The van der Waals surface area contributed by atoms with Crippen molar-refractivity contribution in [3.8, 4) is 0 Å². The molecule has 0 spiro atoms. The Morgan fingerprint density at radius 1 is 1.41 bits per heavy atom. The Bertz CT molecular complexity index is 367. The zero-order chi connectivity index (χ0) is 12.7. The Labute approximate surface area is 106 Å². The van der Waals surface area contributed by atoms with Gasteiger partial charge >= 0.3 is 0 Å². The van der Waals surface area contributed by atoms with Crippen LogP contribution in [0.15, 0.2) is 12.7 Å². The van der Waals surface area contributed by atoms with Crippen molar-refractivity contribution in [1.29, 1.82) is 0 Å². The van der Waals surface area contributed by atoms with E-state index >= 15 is 0 Å². The summed E-state index contributed by atoms with van der Waals surface area (Å²) in [4.78, 5) is 12.4. The minimum absolute atomic E-state index is 0.246. The number of hydrogen-bond donors (Lipinski definition) is 2. The van der Waals surface area contributed by atoms with Crippen molar-refractivity contribution in [2.24, 2.45) is 0 Å². The maximum Gasteiger partial charge on any atom is 0.227 e. The van der Waals surface area contributed by atoms with Crippen molar-refractivity contribution >= 4 is 23.7 Å². The molecule has 1 rings (SSSR count). The Morgan fingerprint density at radius 2 is 2.18 bits per heavy atom. The van der Waals surface area contributed by atoms with E-state index in [0.29, 0.717) is 5.95 Å². The molecule has 0 aliphatic rings. The predicted molar refractivity (Wildman–Crippen MR) is 74.3 cm³/mol. The summed E-state index contributed by atoms with van der Waals surface area (Å²) in [6.45, 7) is 8.53. The van der Waals surface area contributed by atoms with Crippen LogP contribution in [0.3, 0.4) is 0 Å². The molecule has 1 aromatic heterocycles. The van der Waals surface area contributed by atoms with E-state index in [2.05, 4.69) is 26.8 Å². The Balaban J connectivity index is 2.50. The average Bonchev–Trinajstić information content (AvgIpc) is 2.28. The molecule has 0 saturated heterocycles. The number of anilines is 2. The average molecular weight is 253 g/mol. The minimum Gasteiger partial charge on any atom is -0.368 e. The van der Waals surface area contributed by atoms with Gasteiger partial charge < -0.3 is 11.1 Å². The van der Waals surface area contributed by atoms with Crippen LogP contribution >= 0.6 is 11.8 Å². The zero-order valence-electron chi connectivity index (χ0n) is 10.3. The molecule has 0 unspecified atom stereocenters. The maximum atomic E-state index is 5.63. The smallest absolute Gasteiger partial charge is 0.227 e. The van der Waals surface area contributed by atoms with E-state index in [1.54, 1.807) is 11.8 Å². The van der Waals surface area contributed by atoms with Crippen LogP contribution in [0.25, 0.3) is 0 Å². The van der Waals surface area contributed by atoms with Crippen LogP contribution in [0.2, 0.25) is 0 Å². The summed E-state index contributed by atoms with van der Waals surface area (Å²) < 4.78 is 0. The van der Waals surface area contributed by atoms with E-state index in [-0.39, 0.29) is 11.9 Å². The van der Waals surface area contributed by atoms with Gasteiger partial charge in [0.05, 0.1) is 0 Å². The topological polar surface area (TPSA) is 76.7 Å². The fraction of sp³-hybridized carbons (Fsp3) is 0.545. The van der Waals surface area contributed by atoms with E-state index in [1.165, 1.54) is 0 Å². The normalized spacial score (nSPS) is 10.5. The molecule has 17 heavy (non-hydrogen) atoms. The summed E-state index contributed by atoms with van der Waals surface area (Å²) >= 11 is 1.80. The van der Waals surface area contributed by atoms with Gasteiger partial charge in [-0.15, -0.1) is 6.58 Å². The first kappa shape index (κ1) is 13.8. The van der Waals surface area contributed by atoms with E-state index in [0.717, 1.165) is 23.9 Å². The third-order valence-corrected chi connectivity index (χ3v) is 2.92. The number of nitrogens with one attached hydrogen (secondary N) is 1. The summed E-state index contributed by atoms with van der Waals surface area (Å²) in [7, 11) is 0. The third-order valence-electron chi connectivity index (χ3n) is 1.95. The maximum absolute atomic E-state index is 5.63. The van der Waals surface area contributed by atoms with Gasteiger partial charge in [-0.05, 0) is 0 Å². The van der Waals surface area contributed by atoms with Crippen LogP contribution in [0.5, 0.6) is 0 Å². The Hall–Kier alpha value is -1.30. The molecule has 0 aromatic carbocycles. The number of rotatable bonds is 7. The van der Waals surface area contributed by atoms with E-state index < -0.39 is 0 Å². The van der Waals surface area contributed by atoms with E-state index in [1.807, 2.05) is 19.9 Å². The second-order valence-electron chi connectivity index (χ2n) is 3.82. The summed E-state index contributed by atoms with van der Waals surface area (Å²) in [5.74, 6) is 3.73. The van der Waals surface area contributed by atoms with Crippen molar-refractivity contribution < 1.29 is 0 Å². The quantitative estimate of drug-likeness (QED) is 0.571. The van der Waals surface area contributed by atoms with Gasteiger partial charge in [0.25, 0.3) is 0 Å². The second-order valence-corrected chi connectivity index (χ2v) is 4.97. The van der Waals surface area contributed by atoms with Crippen molar-refractivity contribution in [2.45, 2.75) is 19.8 Å². The highest BCUT2D eigenvalue weighted by Gasteiger charge is 2.07. The summed E-state index contributed by atoms with van der Waals surface area (Å²) in [5.41, 5.74) is 5.63. The van der Waals surface area contributed by atoms with Gasteiger partial charge in [0.1, 0.15) is 5.82 Å². The van der Waals surface area contributed by atoms with Gasteiger partial charge in [0.15, 0.2) is 0 Å². The van der Waals surface area contributed by atoms with Gasteiger partial charge in [-0.3, -0.25) is 0 Å². The van der Waals surface area contributed by atoms with Crippen LogP contribution in [0.4, 0.5) is 11.9 Å². The molecule has 5 nitrogen and oxygen atoms in total. The van der Waals surface area contributed by atoms with Crippen molar-refractivity contribution in [3.05, 3.63) is 18.5 Å². The van der Waals surface area contributed by atoms with Crippen LogP contribution in [0.1, 0.15) is 25.6 Å². The zero-order valence-corrected chi connectivity index (χ0v) is 11.1. The lowest BCUT2D eigenvalue weighted by Gasteiger charge is -2.08. The monoisotopic (exact) mass is 253 g/mol. The van der Waals surface area contributed by atoms with Crippen LogP contribution in [0, 0.1) is 0 Å². The second kappa shape index (κ2) is 7.11. The highest BCUT2D eigenvalue weighted by atomic mass is 32.2. The van der Waals surface area contributed by atoms with Gasteiger partial charge in [0.2, 0.25) is 11.9 Å². The number of nitrogen functional groups attached to an aromatic ring is 1. The molecule has 0 aliphatic heterocycles. The minimum atomic E-state index is 0.246. The SMILES string of the molecule is C=CCSCCNc1nc(N)nc(C(C)C)n1. The molecule has 0 fully saturated rings. The molecule has 0 aliphatic carbocycles. The lowest BCUT2D eigenvalue weighted by molar-refractivity contribution is 0.765. The summed E-state index contributed by atoms with van der Waals surface area (Å²) in [6.07, 6.45) is 1.89. The van der Waals surface area contributed by atoms with Crippen LogP contribution < -0.4 is 11.1 Å². The molecular weight excluding hydrogens is 234 g/mol. The van der Waals surface area contributed by atoms with Crippen molar-refractivity contribution in [2.75, 3.05) is 29.1 Å². The number of hydrogen-bond acceptors (Lipinski definition) is 6. The third kappa shape index (κ3) is 5.04. The molecule has 0 atom stereocenters. The van der Waals surface area contributed by atoms with Crippen LogP contribution in [-0.4, -0.2) is 33.0 Å². The van der Waals surface area contributed by atoms with E-state index in [4.69, 9.17) is 5.73 Å². The van der Waals surface area contributed by atoms with Gasteiger partial charge in [-0.25, -0.2) is 0 Å². The van der Waals surface area contributed by atoms with E-state index in [9.17, 15) is 0 Å². The fourth-order valence-corrected chi connectivity index (χ4v) is 1.73. The standard InChI is InChI=1S/C11H19N5S/c1-4-6-17-7-5-13-11-15-9(8(2)3)14-10(12)16-11/h4,8H,1,5-7H2,2-3H3,(H3,12,13,14,15,16). The number of aromatic nitrogens is 3. The molecule has 0 bridgehead atoms. The Kier molecular flexibility index (Phi) is 5.76. The highest BCUT2D eigenvalue weighted by molar-refractivity contribution is 7.99. The lowest BCUT2D eigenvalue weighted by Crippen LogP contribution is -2.12. The molecule has 94 valence electrons. The van der Waals surface area contributed by atoms with Gasteiger partial charge in [-0.1, -0.05) is 19.9 Å². The van der Waals surface area contributed by atoms with Crippen molar-refractivity contribution in [1.82, 2.24) is 15.0 Å². The molecule has 6 heteroatoms. The largest absolute Gasteiger partial charge is 0.368 e. The van der Waals surface area contributed by atoms with Gasteiger partial charge in [0, 0.05) is 24.0 Å². The highest BCUT2D eigenvalue weighted by Crippen LogP contribution is 2.11. The molecular formula is C11H19N5S. The molecule has 0 amide bonds. The summed E-state index contributed by atoms with van der Waals surface area (Å²) in [5, 5.41) is 3.14. The number of nitrogens with two attached hydrogens (primary N) is 1. The summed E-state index contributed by atoms with van der Waals surface area (Å²) in [6, 6.07) is 0. The molecule has 1 aromatic rings. The van der Waals surface area contributed by atoms with Crippen LogP contribution in [-0.2, 0) is 0 Å². The fourth-order valence-electron chi connectivity index (χ4n) is 1.15. The lowest BCUT2D eigenvalue weighted by atomic mass is 10.2. The first-order chi connectivity index (χ1) is 8.13. The molecule has 3 N–H and O–H groups in total. The first-order valence-corrected chi connectivity index (χ1v) is 6.73. The first-order valence-electron chi connectivity index (χ1n) is 5.57. The van der Waals surface area contributed by atoms with Gasteiger partial charge in [-0.2, -0.15) is 26.7 Å². The Morgan fingerprint density at radius 3 is 2.82 bits per heavy atom. The number of nitrogens with zero attached hydrogens (tertiary/aromatic N) is 3. The van der Waals surface area contributed by atoms with Crippen molar-refractivity contribution in [3.63, 3.8) is 0 Å². The number of thioether (sulfide) groups is 1. The molecule has 0 saturated carbocycles.